The maximum absolute atomic E-state index is 12.6. The summed E-state index contributed by atoms with van der Waals surface area (Å²) in [7, 11) is 0. The van der Waals surface area contributed by atoms with Crippen LogP contribution in [0.15, 0.2) is 34.6 Å². The second-order valence-corrected chi connectivity index (χ2v) is 7.32. The Balaban J connectivity index is 1.77. The summed E-state index contributed by atoms with van der Waals surface area (Å²) < 4.78 is 3.86. The van der Waals surface area contributed by atoms with Crippen LogP contribution in [0.1, 0.15) is 5.82 Å². The molecule has 3 N–H and O–H groups in total. The summed E-state index contributed by atoms with van der Waals surface area (Å²) in [4.78, 5) is 56.7. The van der Waals surface area contributed by atoms with Gasteiger partial charge in [-0.25, -0.2) is 14.6 Å². The van der Waals surface area contributed by atoms with Crippen molar-refractivity contribution in [2.24, 2.45) is 5.16 Å². The SMILES string of the molecule is C=CC1=C(C(=O)O)N2C(=O)C(NC(=O)/C(=N\OCC(=O)O)c3ncsn3)[C@H]2SC1. The van der Waals surface area contributed by atoms with Crippen molar-refractivity contribution in [2.45, 2.75) is 11.4 Å². The van der Waals surface area contributed by atoms with Crippen LogP contribution in [0.25, 0.3) is 0 Å². The number of nitrogens with one attached hydrogen (secondary N) is 1. The van der Waals surface area contributed by atoms with Gasteiger partial charge in [0.2, 0.25) is 18.1 Å². The molecule has 3 rings (SSSR count). The third kappa shape index (κ3) is 3.97. The Morgan fingerprint density at radius 1 is 1.45 bits per heavy atom. The minimum absolute atomic E-state index is 0.0992. The molecule has 2 amide bonds. The van der Waals surface area contributed by atoms with E-state index in [4.69, 9.17) is 5.11 Å². The first-order valence-corrected chi connectivity index (χ1v) is 9.76. The smallest absolute Gasteiger partial charge is 0.352 e. The number of allylic oxidation sites excluding steroid dienone is 1. The van der Waals surface area contributed by atoms with Gasteiger partial charge in [0.15, 0.2) is 0 Å². The third-order valence-corrected chi connectivity index (χ3v) is 5.65. The topological polar surface area (TPSA) is 171 Å². The van der Waals surface area contributed by atoms with Crippen molar-refractivity contribution in [1.29, 1.82) is 0 Å². The summed E-state index contributed by atoms with van der Waals surface area (Å²) in [6.07, 6.45) is 1.38. The number of carbonyl (C=O) groups is 4. The minimum Gasteiger partial charge on any atom is -0.479 e. The van der Waals surface area contributed by atoms with E-state index in [9.17, 15) is 24.3 Å². The maximum Gasteiger partial charge on any atom is 0.352 e. The molecule has 1 aromatic heterocycles. The molecule has 0 radical (unpaired) electrons. The van der Waals surface area contributed by atoms with Gasteiger partial charge in [-0.1, -0.05) is 17.8 Å². The molecule has 2 aliphatic rings. The van der Waals surface area contributed by atoms with Gasteiger partial charge in [0, 0.05) is 5.75 Å². The summed E-state index contributed by atoms with van der Waals surface area (Å²) in [5, 5.41) is 23.3. The summed E-state index contributed by atoms with van der Waals surface area (Å²) in [5.41, 5.74) is 1.18. The maximum atomic E-state index is 12.6. The zero-order valence-corrected chi connectivity index (χ0v) is 16.1. The molecular formula is C15H13N5O7S2. The molecule has 0 aromatic carbocycles. The van der Waals surface area contributed by atoms with E-state index in [0.29, 0.717) is 11.3 Å². The van der Waals surface area contributed by atoms with Gasteiger partial charge in [-0.15, -0.1) is 11.8 Å². The lowest BCUT2D eigenvalue weighted by Gasteiger charge is -2.49. The van der Waals surface area contributed by atoms with E-state index < -0.39 is 47.5 Å². The van der Waals surface area contributed by atoms with Crippen molar-refractivity contribution >= 4 is 52.8 Å². The number of hydrogen-bond acceptors (Lipinski definition) is 10. The first-order valence-electron chi connectivity index (χ1n) is 7.88. The minimum atomic E-state index is -1.30. The number of carbonyl (C=O) groups excluding carboxylic acids is 2. The largest absolute Gasteiger partial charge is 0.479 e. The van der Waals surface area contributed by atoms with Crippen molar-refractivity contribution < 1.29 is 34.2 Å². The molecule has 1 fully saturated rings. The first-order chi connectivity index (χ1) is 13.8. The molecule has 29 heavy (non-hydrogen) atoms. The van der Waals surface area contributed by atoms with Crippen LogP contribution < -0.4 is 5.32 Å². The summed E-state index contributed by atoms with van der Waals surface area (Å²) >= 11 is 2.21. The van der Waals surface area contributed by atoms with Gasteiger partial charge in [-0.05, 0) is 17.1 Å². The number of aliphatic carboxylic acids is 2. The number of thioether (sulfide) groups is 1. The Hall–Kier alpha value is -3.26. The van der Waals surface area contributed by atoms with Crippen LogP contribution >= 0.6 is 23.3 Å². The van der Waals surface area contributed by atoms with E-state index >= 15 is 0 Å². The van der Waals surface area contributed by atoms with Crippen LogP contribution in [0.4, 0.5) is 0 Å². The molecule has 14 heteroatoms. The highest BCUT2D eigenvalue weighted by molar-refractivity contribution is 8.00. The van der Waals surface area contributed by atoms with Crippen LogP contribution in [0.2, 0.25) is 0 Å². The number of hydrogen-bond donors (Lipinski definition) is 3. The lowest BCUT2D eigenvalue weighted by Crippen LogP contribution is -2.71. The third-order valence-electron chi connectivity index (χ3n) is 3.87. The van der Waals surface area contributed by atoms with Crippen LogP contribution in [-0.4, -0.2) is 77.7 Å². The zero-order chi connectivity index (χ0) is 21.1. The summed E-state index contributed by atoms with van der Waals surface area (Å²) in [5.74, 6) is -3.82. The number of amides is 2. The Morgan fingerprint density at radius 2 is 2.21 bits per heavy atom. The van der Waals surface area contributed by atoms with E-state index in [1.165, 1.54) is 23.3 Å². The van der Waals surface area contributed by atoms with E-state index in [2.05, 4.69) is 31.2 Å². The molecular weight excluding hydrogens is 426 g/mol. The van der Waals surface area contributed by atoms with Gasteiger partial charge in [-0.2, -0.15) is 4.37 Å². The molecule has 0 saturated carbocycles. The molecule has 0 spiro atoms. The second kappa shape index (κ2) is 8.40. The van der Waals surface area contributed by atoms with Crippen molar-refractivity contribution in [2.75, 3.05) is 12.4 Å². The molecule has 0 aliphatic carbocycles. The van der Waals surface area contributed by atoms with Crippen molar-refractivity contribution in [3.8, 4) is 0 Å². The predicted molar refractivity (Wildman–Crippen MR) is 99.9 cm³/mol. The zero-order valence-electron chi connectivity index (χ0n) is 14.5. The molecule has 2 atom stereocenters. The normalized spacial score (nSPS) is 21.2. The monoisotopic (exact) mass is 439 g/mol. The summed E-state index contributed by atoms with van der Waals surface area (Å²) in [6, 6.07) is -1.00. The van der Waals surface area contributed by atoms with Crippen LogP contribution in [0, 0.1) is 0 Å². The number of nitrogens with zero attached hydrogens (tertiary/aromatic N) is 4. The fourth-order valence-electron chi connectivity index (χ4n) is 2.62. The summed E-state index contributed by atoms with van der Waals surface area (Å²) in [6.45, 7) is 2.77. The quantitative estimate of drug-likeness (QED) is 0.266. The van der Waals surface area contributed by atoms with Gasteiger partial charge in [0.1, 0.15) is 22.6 Å². The highest BCUT2D eigenvalue weighted by atomic mass is 32.2. The van der Waals surface area contributed by atoms with Crippen molar-refractivity contribution in [3.05, 3.63) is 35.3 Å². The van der Waals surface area contributed by atoms with E-state index in [-0.39, 0.29) is 11.5 Å². The number of oxime groups is 1. The molecule has 2 aliphatic heterocycles. The van der Waals surface area contributed by atoms with Crippen molar-refractivity contribution in [1.82, 2.24) is 19.6 Å². The molecule has 0 bridgehead atoms. The fourth-order valence-corrected chi connectivity index (χ4v) is 4.39. The number of carboxylic acid groups (broad SMARTS) is 2. The van der Waals surface area contributed by atoms with Gasteiger partial charge < -0.3 is 20.4 Å². The average molecular weight is 439 g/mol. The van der Waals surface area contributed by atoms with E-state index in [1.54, 1.807) is 0 Å². The number of aromatic nitrogens is 2. The second-order valence-electron chi connectivity index (χ2n) is 5.61. The average Bonchev–Trinajstić information content (AvgIpc) is 3.21. The highest BCUT2D eigenvalue weighted by Crippen LogP contribution is 2.40. The van der Waals surface area contributed by atoms with E-state index in [1.807, 2.05) is 0 Å². The fraction of sp³-hybridized carbons (Fsp3) is 0.267. The molecule has 1 unspecified atom stereocenters. The Kier molecular flexibility index (Phi) is 5.93. The standard InChI is InChI=1S/C15H13N5O7S2/c1-2-6-4-28-14-9(13(24)20(14)10(6)15(25)26)17-12(23)8(11-16-5-29-19-11)18-27-3-7(21)22/h2,5,9,14H,1,3-4H2,(H,17,23)(H,21,22)(H,25,26)/b18-8-/t9?,14-/m1/s1. The van der Waals surface area contributed by atoms with Crippen LogP contribution in [0.5, 0.6) is 0 Å². The molecule has 1 aromatic rings. The van der Waals surface area contributed by atoms with Gasteiger partial charge in [0.25, 0.3) is 11.8 Å². The molecule has 152 valence electrons. The molecule has 1 saturated heterocycles. The highest BCUT2D eigenvalue weighted by Gasteiger charge is 2.54. The van der Waals surface area contributed by atoms with E-state index in [0.717, 1.165) is 16.4 Å². The Bertz CT molecular complexity index is 943. The number of rotatable bonds is 8. The van der Waals surface area contributed by atoms with Crippen LogP contribution in [0.3, 0.4) is 0 Å². The number of carboxylic acids is 2. The number of β-lactam (4-membered cyclic amide) rings is 1. The van der Waals surface area contributed by atoms with Gasteiger partial charge in [-0.3, -0.25) is 14.5 Å². The lowest BCUT2D eigenvalue weighted by atomic mass is 10.0. The Labute approximate surface area is 171 Å². The van der Waals surface area contributed by atoms with Crippen LogP contribution in [-0.2, 0) is 24.0 Å². The first kappa shape index (κ1) is 20.5. The predicted octanol–water partition coefficient (Wildman–Crippen LogP) is -0.732. The van der Waals surface area contributed by atoms with Gasteiger partial charge in [0.05, 0.1) is 0 Å². The van der Waals surface area contributed by atoms with Crippen molar-refractivity contribution in [3.63, 3.8) is 0 Å². The molecule has 3 heterocycles. The lowest BCUT2D eigenvalue weighted by molar-refractivity contribution is -0.150. The molecule has 12 nitrogen and oxygen atoms in total. The van der Waals surface area contributed by atoms with Gasteiger partial charge >= 0.3 is 11.9 Å². The number of fused-ring (bicyclic) bond motifs is 1. The Morgan fingerprint density at radius 3 is 2.79 bits per heavy atom.